The first-order chi connectivity index (χ1) is 7.63. The molecule has 0 aliphatic heterocycles. The lowest BCUT2D eigenvalue weighted by Crippen LogP contribution is -2.21. The molecule has 0 atom stereocenters. The zero-order chi connectivity index (χ0) is 12.2. The van der Waals surface area contributed by atoms with E-state index in [0.29, 0.717) is 0 Å². The van der Waals surface area contributed by atoms with Crippen LogP contribution in [0.15, 0.2) is 0 Å². The molecule has 0 saturated carbocycles. The van der Waals surface area contributed by atoms with Gasteiger partial charge in [-0.15, -0.1) is 0 Å². The van der Waals surface area contributed by atoms with E-state index in [0.717, 1.165) is 24.9 Å². The van der Waals surface area contributed by atoms with Crippen LogP contribution in [-0.4, -0.2) is 26.2 Å². The summed E-state index contributed by atoms with van der Waals surface area (Å²) in [6.07, 6.45) is 5.40. The van der Waals surface area contributed by atoms with Gasteiger partial charge in [-0.25, -0.2) is 0 Å². The third kappa shape index (κ3) is 18.5. The van der Waals surface area contributed by atoms with Gasteiger partial charge in [-0.3, -0.25) is 0 Å². The summed E-state index contributed by atoms with van der Waals surface area (Å²) in [6.45, 7) is 13.7. The Bertz CT molecular complexity index is 117. The van der Waals surface area contributed by atoms with Crippen LogP contribution in [0.25, 0.3) is 0 Å². The maximum atomic E-state index is 3.49. The summed E-state index contributed by atoms with van der Waals surface area (Å²) < 4.78 is 0. The SMILES string of the molecule is C.CC(C)CNCCCCCCNCC(C)C. The molecule has 0 aromatic rings. The normalized spacial score (nSPS) is 10.9. The van der Waals surface area contributed by atoms with Gasteiger partial charge in [-0.2, -0.15) is 0 Å². The van der Waals surface area contributed by atoms with E-state index in [4.69, 9.17) is 0 Å². The molecule has 0 saturated heterocycles. The highest BCUT2D eigenvalue weighted by atomic mass is 14.9. The monoisotopic (exact) mass is 244 g/mol. The van der Waals surface area contributed by atoms with Gasteiger partial charge in [-0.05, 0) is 50.9 Å². The molecule has 2 heteroatoms. The molecule has 0 spiro atoms. The molecule has 0 radical (unpaired) electrons. The number of rotatable bonds is 11. The van der Waals surface area contributed by atoms with E-state index in [9.17, 15) is 0 Å². The lowest BCUT2D eigenvalue weighted by Gasteiger charge is -2.08. The predicted octanol–water partition coefficient (Wildman–Crippen LogP) is 3.67. The van der Waals surface area contributed by atoms with Gasteiger partial charge in [0.15, 0.2) is 0 Å². The molecule has 17 heavy (non-hydrogen) atoms. The Balaban J connectivity index is 0. The topological polar surface area (TPSA) is 24.1 Å². The van der Waals surface area contributed by atoms with E-state index in [1.807, 2.05) is 0 Å². The highest BCUT2D eigenvalue weighted by Crippen LogP contribution is 1.98. The molecule has 0 rings (SSSR count). The minimum Gasteiger partial charge on any atom is -0.316 e. The van der Waals surface area contributed by atoms with Gasteiger partial charge in [0.25, 0.3) is 0 Å². The first kappa shape index (κ1) is 19.3. The second kappa shape index (κ2) is 14.0. The summed E-state index contributed by atoms with van der Waals surface area (Å²) in [7, 11) is 0. The second-order valence-corrected chi connectivity index (χ2v) is 5.61. The van der Waals surface area contributed by atoms with Crippen LogP contribution in [0.3, 0.4) is 0 Å². The predicted molar refractivity (Wildman–Crippen MR) is 80.6 cm³/mol. The third-order valence-electron chi connectivity index (χ3n) is 2.56. The fraction of sp³-hybridized carbons (Fsp3) is 1.00. The summed E-state index contributed by atoms with van der Waals surface area (Å²) in [5.74, 6) is 1.56. The van der Waals surface area contributed by atoms with Crippen molar-refractivity contribution in [2.24, 2.45) is 11.8 Å². The van der Waals surface area contributed by atoms with Gasteiger partial charge in [-0.1, -0.05) is 48.0 Å². The van der Waals surface area contributed by atoms with Crippen molar-refractivity contribution < 1.29 is 0 Å². The molecule has 0 aliphatic rings. The molecular weight excluding hydrogens is 208 g/mol. The highest BCUT2D eigenvalue weighted by molar-refractivity contribution is 4.54. The molecule has 0 heterocycles. The van der Waals surface area contributed by atoms with Gasteiger partial charge < -0.3 is 10.6 Å². The summed E-state index contributed by atoms with van der Waals surface area (Å²) >= 11 is 0. The number of hydrogen-bond acceptors (Lipinski definition) is 2. The van der Waals surface area contributed by atoms with E-state index in [2.05, 4.69) is 38.3 Å². The van der Waals surface area contributed by atoms with Crippen molar-refractivity contribution in [3.05, 3.63) is 0 Å². The minimum absolute atomic E-state index is 0. The molecule has 0 bridgehead atoms. The highest BCUT2D eigenvalue weighted by Gasteiger charge is 1.94. The molecule has 2 N–H and O–H groups in total. The van der Waals surface area contributed by atoms with Gasteiger partial charge in [0.05, 0.1) is 0 Å². The van der Waals surface area contributed by atoms with Crippen LogP contribution >= 0.6 is 0 Å². The Morgan fingerprint density at radius 2 is 1.00 bits per heavy atom. The zero-order valence-corrected chi connectivity index (χ0v) is 11.8. The lowest BCUT2D eigenvalue weighted by molar-refractivity contribution is 0.508. The molecular formula is C15H36N2. The average molecular weight is 244 g/mol. The zero-order valence-electron chi connectivity index (χ0n) is 11.8. The number of unbranched alkanes of at least 4 members (excludes halogenated alkanes) is 3. The van der Waals surface area contributed by atoms with Gasteiger partial charge in [0.2, 0.25) is 0 Å². The van der Waals surface area contributed by atoms with E-state index in [-0.39, 0.29) is 7.43 Å². The Hall–Kier alpha value is -0.0800. The first-order valence-corrected chi connectivity index (χ1v) is 7.04. The Kier molecular flexibility index (Phi) is 15.8. The van der Waals surface area contributed by atoms with Crippen molar-refractivity contribution >= 4 is 0 Å². The van der Waals surface area contributed by atoms with E-state index in [1.165, 1.54) is 38.8 Å². The van der Waals surface area contributed by atoms with Crippen LogP contribution < -0.4 is 10.6 Å². The maximum absolute atomic E-state index is 3.49. The van der Waals surface area contributed by atoms with Gasteiger partial charge >= 0.3 is 0 Å². The maximum Gasteiger partial charge on any atom is -0.00258 e. The standard InChI is InChI=1S/C14H32N2.CH4/c1-13(2)11-15-9-7-5-6-8-10-16-12-14(3)4;/h13-16H,5-12H2,1-4H3;1H4. The molecule has 2 nitrogen and oxygen atoms in total. The van der Waals surface area contributed by atoms with Crippen LogP contribution in [0.2, 0.25) is 0 Å². The molecule has 0 aromatic carbocycles. The summed E-state index contributed by atoms with van der Waals surface area (Å²) in [5.41, 5.74) is 0. The largest absolute Gasteiger partial charge is 0.316 e. The molecule has 0 amide bonds. The van der Waals surface area contributed by atoms with Crippen LogP contribution in [0.4, 0.5) is 0 Å². The first-order valence-electron chi connectivity index (χ1n) is 7.04. The van der Waals surface area contributed by atoms with Crippen molar-refractivity contribution in [1.29, 1.82) is 0 Å². The van der Waals surface area contributed by atoms with E-state index < -0.39 is 0 Å². The van der Waals surface area contributed by atoms with Crippen molar-refractivity contribution in [2.45, 2.75) is 60.8 Å². The van der Waals surface area contributed by atoms with E-state index in [1.54, 1.807) is 0 Å². The van der Waals surface area contributed by atoms with Crippen molar-refractivity contribution in [2.75, 3.05) is 26.2 Å². The Morgan fingerprint density at radius 1 is 0.647 bits per heavy atom. The third-order valence-corrected chi connectivity index (χ3v) is 2.56. The Labute approximate surface area is 110 Å². The van der Waals surface area contributed by atoms with Crippen LogP contribution in [-0.2, 0) is 0 Å². The van der Waals surface area contributed by atoms with Crippen molar-refractivity contribution in [3.8, 4) is 0 Å². The van der Waals surface area contributed by atoms with E-state index >= 15 is 0 Å². The average Bonchev–Trinajstić information content (AvgIpc) is 2.20. The second-order valence-electron chi connectivity index (χ2n) is 5.61. The van der Waals surface area contributed by atoms with Crippen molar-refractivity contribution in [1.82, 2.24) is 10.6 Å². The van der Waals surface area contributed by atoms with Crippen LogP contribution in [0.1, 0.15) is 60.8 Å². The van der Waals surface area contributed by atoms with Crippen molar-refractivity contribution in [3.63, 3.8) is 0 Å². The Morgan fingerprint density at radius 3 is 1.29 bits per heavy atom. The molecule has 106 valence electrons. The molecule has 0 aromatic heterocycles. The summed E-state index contributed by atoms with van der Waals surface area (Å²) in [4.78, 5) is 0. The smallest absolute Gasteiger partial charge is 0.00258 e. The number of nitrogens with one attached hydrogen (secondary N) is 2. The fourth-order valence-corrected chi connectivity index (χ4v) is 1.64. The molecule has 0 fully saturated rings. The fourth-order valence-electron chi connectivity index (χ4n) is 1.64. The lowest BCUT2D eigenvalue weighted by atomic mass is 10.1. The summed E-state index contributed by atoms with van der Waals surface area (Å²) in [6, 6.07) is 0. The quantitative estimate of drug-likeness (QED) is 0.542. The summed E-state index contributed by atoms with van der Waals surface area (Å²) in [5, 5.41) is 6.97. The van der Waals surface area contributed by atoms with Gasteiger partial charge in [0.1, 0.15) is 0 Å². The molecule has 0 aliphatic carbocycles. The van der Waals surface area contributed by atoms with Crippen LogP contribution in [0, 0.1) is 11.8 Å². The molecule has 0 unspecified atom stereocenters. The minimum atomic E-state index is 0. The van der Waals surface area contributed by atoms with Gasteiger partial charge in [0, 0.05) is 0 Å². The van der Waals surface area contributed by atoms with Crippen LogP contribution in [0.5, 0.6) is 0 Å². The number of hydrogen-bond donors (Lipinski definition) is 2.